The van der Waals surface area contributed by atoms with Crippen molar-refractivity contribution in [1.29, 1.82) is 0 Å². The van der Waals surface area contributed by atoms with Crippen LogP contribution in [0.2, 0.25) is 0 Å². The molecule has 3 heteroatoms. The Balaban J connectivity index is 1.99. The van der Waals surface area contributed by atoms with Crippen LogP contribution in [-0.4, -0.2) is 31.6 Å². The monoisotopic (exact) mass is 308 g/mol. The van der Waals surface area contributed by atoms with Crippen molar-refractivity contribution in [3.05, 3.63) is 22.4 Å². The van der Waals surface area contributed by atoms with E-state index >= 15 is 0 Å². The molecule has 1 heterocycles. The lowest BCUT2D eigenvalue weighted by Crippen LogP contribution is -2.46. The molecule has 3 unspecified atom stereocenters. The van der Waals surface area contributed by atoms with Crippen molar-refractivity contribution in [1.82, 2.24) is 10.2 Å². The van der Waals surface area contributed by atoms with Gasteiger partial charge < -0.3 is 10.2 Å². The summed E-state index contributed by atoms with van der Waals surface area (Å²) in [5.74, 6) is 0.803. The van der Waals surface area contributed by atoms with Gasteiger partial charge in [0.25, 0.3) is 0 Å². The smallest absolute Gasteiger partial charge is 0.0561 e. The van der Waals surface area contributed by atoms with Gasteiger partial charge in [-0.2, -0.15) is 0 Å². The summed E-state index contributed by atoms with van der Waals surface area (Å²) in [6.45, 7) is 8.27. The third-order valence-electron chi connectivity index (χ3n) is 4.95. The molecule has 1 aliphatic rings. The number of thiophene rings is 1. The largest absolute Gasteiger partial charge is 0.312 e. The summed E-state index contributed by atoms with van der Waals surface area (Å²) in [4.78, 5) is 3.81. The molecule has 120 valence electrons. The van der Waals surface area contributed by atoms with E-state index in [1.807, 2.05) is 11.3 Å². The maximum absolute atomic E-state index is 3.91. The number of hydrogen-bond acceptors (Lipinski definition) is 3. The minimum Gasteiger partial charge on any atom is -0.312 e. The Bertz CT molecular complexity index is 405. The minimum atomic E-state index is 0.411. The van der Waals surface area contributed by atoms with Crippen molar-refractivity contribution in [2.75, 3.05) is 20.6 Å². The SMILES string of the molecule is CN(C)C(CNC1CCCCC1C(C)(C)C)c1cccs1. The van der Waals surface area contributed by atoms with Gasteiger partial charge in [-0.3, -0.25) is 0 Å². The molecule has 0 bridgehead atoms. The lowest BCUT2D eigenvalue weighted by molar-refractivity contribution is 0.124. The van der Waals surface area contributed by atoms with E-state index < -0.39 is 0 Å². The Morgan fingerprint density at radius 3 is 2.57 bits per heavy atom. The van der Waals surface area contributed by atoms with Crippen LogP contribution in [-0.2, 0) is 0 Å². The van der Waals surface area contributed by atoms with E-state index in [0.29, 0.717) is 17.5 Å². The lowest BCUT2D eigenvalue weighted by Gasteiger charge is -2.41. The van der Waals surface area contributed by atoms with Crippen LogP contribution in [0, 0.1) is 11.3 Å². The van der Waals surface area contributed by atoms with Crippen LogP contribution in [0.4, 0.5) is 0 Å². The summed E-state index contributed by atoms with van der Waals surface area (Å²) in [5.41, 5.74) is 0.411. The first-order valence-electron chi connectivity index (χ1n) is 8.33. The second-order valence-electron chi connectivity index (χ2n) is 7.77. The third kappa shape index (κ3) is 4.54. The number of nitrogens with one attached hydrogen (secondary N) is 1. The zero-order valence-electron chi connectivity index (χ0n) is 14.4. The van der Waals surface area contributed by atoms with E-state index in [0.717, 1.165) is 12.5 Å². The molecule has 0 amide bonds. The van der Waals surface area contributed by atoms with Gasteiger partial charge in [0.05, 0.1) is 6.04 Å². The first-order valence-corrected chi connectivity index (χ1v) is 9.21. The zero-order chi connectivity index (χ0) is 15.5. The first-order chi connectivity index (χ1) is 9.89. The summed E-state index contributed by atoms with van der Waals surface area (Å²) in [7, 11) is 4.38. The Morgan fingerprint density at radius 2 is 2.00 bits per heavy atom. The van der Waals surface area contributed by atoms with Crippen LogP contribution in [0.5, 0.6) is 0 Å². The Labute approximate surface area is 134 Å². The van der Waals surface area contributed by atoms with Crippen molar-refractivity contribution in [3.63, 3.8) is 0 Å². The van der Waals surface area contributed by atoms with E-state index in [2.05, 4.69) is 62.6 Å². The van der Waals surface area contributed by atoms with E-state index in [4.69, 9.17) is 0 Å². The highest BCUT2D eigenvalue weighted by molar-refractivity contribution is 7.10. The van der Waals surface area contributed by atoms with E-state index in [1.165, 1.54) is 30.6 Å². The molecule has 0 aromatic carbocycles. The van der Waals surface area contributed by atoms with Crippen molar-refractivity contribution in [3.8, 4) is 0 Å². The van der Waals surface area contributed by atoms with Crippen LogP contribution in [0.15, 0.2) is 17.5 Å². The Kier molecular flexibility index (Phi) is 5.87. The Hall–Kier alpha value is -0.380. The highest BCUT2D eigenvalue weighted by atomic mass is 32.1. The number of rotatable bonds is 5. The fraction of sp³-hybridized carbons (Fsp3) is 0.778. The fourth-order valence-corrected chi connectivity index (χ4v) is 4.62. The molecule has 1 saturated carbocycles. The molecule has 0 radical (unpaired) electrons. The average molecular weight is 309 g/mol. The summed E-state index contributed by atoms with van der Waals surface area (Å²) in [5, 5.41) is 6.10. The molecule has 2 rings (SSSR count). The molecule has 1 aliphatic carbocycles. The topological polar surface area (TPSA) is 15.3 Å². The summed E-state index contributed by atoms with van der Waals surface area (Å²) < 4.78 is 0. The number of likely N-dealkylation sites (N-methyl/N-ethyl adjacent to an activating group) is 1. The normalized spacial score (nSPS) is 25.2. The first kappa shape index (κ1) is 17.0. The highest BCUT2D eigenvalue weighted by Gasteiger charge is 2.34. The van der Waals surface area contributed by atoms with Crippen LogP contribution in [0.3, 0.4) is 0 Å². The predicted octanol–water partition coefficient (Wildman–Crippen LogP) is 4.55. The molecule has 0 aliphatic heterocycles. The maximum atomic E-state index is 3.91. The van der Waals surface area contributed by atoms with Gasteiger partial charge in [0.2, 0.25) is 0 Å². The molecule has 1 fully saturated rings. The van der Waals surface area contributed by atoms with Crippen LogP contribution >= 0.6 is 11.3 Å². The second kappa shape index (κ2) is 7.26. The van der Waals surface area contributed by atoms with E-state index in [9.17, 15) is 0 Å². The van der Waals surface area contributed by atoms with E-state index in [1.54, 1.807) is 0 Å². The standard InChI is InChI=1S/C18H32N2S/c1-18(2,3)14-9-6-7-10-15(14)19-13-16(20(4)5)17-11-8-12-21-17/h8,11-12,14-16,19H,6-7,9-10,13H2,1-5H3. The molecule has 0 spiro atoms. The zero-order valence-corrected chi connectivity index (χ0v) is 15.2. The molecular weight excluding hydrogens is 276 g/mol. The molecule has 21 heavy (non-hydrogen) atoms. The van der Waals surface area contributed by atoms with Gasteiger partial charge in [0.1, 0.15) is 0 Å². The van der Waals surface area contributed by atoms with Gasteiger partial charge in [-0.1, -0.05) is 39.7 Å². The van der Waals surface area contributed by atoms with Crippen molar-refractivity contribution in [2.45, 2.75) is 58.5 Å². The van der Waals surface area contributed by atoms with Crippen LogP contribution < -0.4 is 5.32 Å². The predicted molar refractivity (Wildman–Crippen MR) is 94.0 cm³/mol. The maximum Gasteiger partial charge on any atom is 0.0561 e. The molecule has 1 N–H and O–H groups in total. The van der Waals surface area contributed by atoms with Crippen LogP contribution in [0.1, 0.15) is 57.4 Å². The highest BCUT2D eigenvalue weighted by Crippen LogP contribution is 2.38. The molecule has 3 atom stereocenters. The lowest BCUT2D eigenvalue weighted by atomic mass is 9.69. The van der Waals surface area contributed by atoms with Gasteiger partial charge in [-0.25, -0.2) is 0 Å². The van der Waals surface area contributed by atoms with E-state index in [-0.39, 0.29) is 0 Å². The minimum absolute atomic E-state index is 0.411. The van der Waals surface area contributed by atoms with Crippen LogP contribution in [0.25, 0.3) is 0 Å². The van der Waals surface area contributed by atoms with Gasteiger partial charge in [-0.05, 0) is 49.7 Å². The van der Waals surface area contributed by atoms with Gasteiger partial charge in [0, 0.05) is 17.5 Å². The van der Waals surface area contributed by atoms with Gasteiger partial charge in [-0.15, -0.1) is 11.3 Å². The number of nitrogens with zero attached hydrogens (tertiary/aromatic N) is 1. The fourth-order valence-electron chi connectivity index (χ4n) is 3.69. The molecule has 2 nitrogen and oxygen atoms in total. The summed E-state index contributed by atoms with van der Waals surface area (Å²) in [6, 6.07) is 5.60. The quantitative estimate of drug-likeness (QED) is 0.858. The van der Waals surface area contributed by atoms with Gasteiger partial charge in [0.15, 0.2) is 0 Å². The average Bonchev–Trinajstić information content (AvgIpc) is 2.92. The van der Waals surface area contributed by atoms with Crippen molar-refractivity contribution >= 4 is 11.3 Å². The van der Waals surface area contributed by atoms with Crippen molar-refractivity contribution < 1.29 is 0 Å². The molecule has 0 saturated heterocycles. The third-order valence-corrected chi connectivity index (χ3v) is 5.92. The Morgan fingerprint density at radius 1 is 1.29 bits per heavy atom. The van der Waals surface area contributed by atoms with Gasteiger partial charge >= 0.3 is 0 Å². The molecule has 1 aromatic rings. The summed E-state index contributed by atoms with van der Waals surface area (Å²) in [6.07, 6.45) is 5.51. The number of hydrogen-bond donors (Lipinski definition) is 1. The molecular formula is C18H32N2S. The summed E-state index contributed by atoms with van der Waals surface area (Å²) >= 11 is 1.87. The molecule has 1 aromatic heterocycles. The second-order valence-corrected chi connectivity index (χ2v) is 8.75. The van der Waals surface area contributed by atoms with Crippen molar-refractivity contribution in [2.24, 2.45) is 11.3 Å².